The summed E-state index contributed by atoms with van der Waals surface area (Å²) in [5, 5.41) is 3.24. The average Bonchev–Trinajstić information content (AvgIpc) is 2.38. The molecule has 4 N–H and O–H groups in total. The second-order valence-electron chi connectivity index (χ2n) is 3.74. The first-order chi connectivity index (χ1) is 8.22. The molecule has 92 valence electrons. The summed E-state index contributed by atoms with van der Waals surface area (Å²) in [4.78, 5) is 6.47. The summed E-state index contributed by atoms with van der Waals surface area (Å²) < 4.78 is 13.2. The molecule has 1 aromatic rings. The highest BCUT2D eigenvalue weighted by Gasteiger charge is 2.18. The van der Waals surface area contributed by atoms with Crippen molar-refractivity contribution in [3.8, 4) is 0 Å². The molecular weight excluding hydrogens is 241 g/mol. The quantitative estimate of drug-likeness (QED) is 0.385. The van der Waals surface area contributed by atoms with Gasteiger partial charge in [-0.2, -0.15) is 0 Å². The molecule has 7 heteroatoms. The Labute approximate surface area is 104 Å². The molecular formula is C10H14FN5S. The molecule has 1 saturated heterocycles. The molecule has 0 aromatic carbocycles. The van der Waals surface area contributed by atoms with E-state index in [0.717, 1.165) is 26.2 Å². The molecule has 0 aliphatic carbocycles. The molecule has 1 fully saturated rings. The van der Waals surface area contributed by atoms with E-state index in [1.54, 1.807) is 0 Å². The first-order valence-electron chi connectivity index (χ1n) is 5.34. The standard InChI is InChI=1S/C10H14FN5S/c11-7-5-8(10(17)15-12)9(14-6-7)16-3-1-13-2-4-16/h5-6,13H,1-4,12H2,(H,15,17). The Kier molecular flexibility index (Phi) is 3.82. The van der Waals surface area contributed by atoms with Crippen molar-refractivity contribution >= 4 is 23.0 Å². The fourth-order valence-corrected chi connectivity index (χ4v) is 1.96. The van der Waals surface area contributed by atoms with E-state index >= 15 is 0 Å². The van der Waals surface area contributed by atoms with Crippen molar-refractivity contribution in [2.75, 3.05) is 31.1 Å². The lowest BCUT2D eigenvalue weighted by atomic mass is 10.2. The van der Waals surface area contributed by atoms with Gasteiger partial charge in [-0.3, -0.25) is 0 Å². The predicted octanol–water partition coefficient (Wildman–Crippen LogP) is -0.231. The molecule has 0 radical (unpaired) electrons. The van der Waals surface area contributed by atoms with Crippen molar-refractivity contribution in [3.63, 3.8) is 0 Å². The molecule has 2 rings (SSSR count). The van der Waals surface area contributed by atoms with Gasteiger partial charge in [0.15, 0.2) is 0 Å². The second-order valence-corrected chi connectivity index (χ2v) is 4.14. The molecule has 1 aliphatic heterocycles. The lowest BCUT2D eigenvalue weighted by molar-refractivity contribution is 0.580. The van der Waals surface area contributed by atoms with Crippen molar-refractivity contribution in [2.45, 2.75) is 0 Å². The Balaban J connectivity index is 2.34. The maximum absolute atomic E-state index is 13.2. The number of nitrogens with zero attached hydrogens (tertiary/aromatic N) is 2. The van der Waals surface area contributed by atoms with Gasteiger partial charge >= 0.3 is 0 Å². The van der Waals surface area contributed by atoms with Crippen molar-refractivity contribution in [1.29, 1.82) is 0 Å². The van der Waals surface area contributed by atoms with E-state index in [9.17, 15) is 4.39 Å². The van der Waals surface area contributed by atoms with E-state index in [-0.39, 0.29) is 0 Å². The van der Waals surface area contributed by atoms with Crippen LogP contribution in [0.15, 0.2) is 12.3 Å². The zero-order chi connectivity index (χ0) is 12.3. The number of hydrogen-bond acceptors (Lipinski definition) is 5. The molecule has 17 heavy (non-hydrogen) atoms. The van der Waals surface area contributed by atoms with Crippen LogP contribution in [0.25, 0.3) is 0 Å². The summed E-state index contributed by atoms with van der Waals surface area (Å²) in [6.07, 6.45) is 1.19. The topological polar surface area (TPSA) is 66.2 Å². The fraction of sp³-hybridized carbons (Fsp3) is 0.400. The van der Waals surface area contributed by atoms with Crippen LogP contribution in [0.4, 0.5) is 10.2 Å². The largest absolute Gasteiger partial charge is 0.353 e. The molecule has 0 unspecified atom stereocenters. The summed E-state index contributed by atoms with van der Waals surface area (Å²) in [5.41, 5.74) is 2.90. The highest BCUT2D eigenvalue weighted by atomic mass is 32.1. The number of aromatic nitrogens is 1. The number of pyridine rings is 1. The Morgan fingerprint density at radius 3 is 2.88 bits per heavy atom. The molecule has 0 atom stereocenters. The minimum Gasteiger partial charge on any atom is -0.353 e. The van der Waals surface area contributed by atoms with E-state index < -0.39 is 5.82 Å². The molecule has 0 spiro atoms. The minimum absolute atomic E-state index is 0.297. The van der Waals surface area contributed by atoms with Crippen LogP contribution in [-0.2, 0) is 0 Å². The van der Waals surface area contributed by atoms with Gasteiger partial charge in [-0.15, -0.1) is 0 Å². The number of halogens is 1. The SMILES string of the molecule is NNC(=S)c1cc(F)cnc1N1CCNCC1. The monoisotopic (exact) mass is 255 g/mol. The summed E-state index contributed by atoms with van der Waals surface area (Å²) in [6, 6.07) is 1.35. The first-order valence-corrected chi connectivity index (χ1v) is 5.75. The van der Waals surface area contributed by atoms with Crippen LogP contribution in [0.5, 0.6) is 0 Å². The lowest BCUT2D eigenvalue weighted by Crippen LogP contribution is -2.45. The average molecular weight is 255 g/mol. The highest BCUT2D eigenvalue weighted by molar-refractivity contribution is 7.80. The smallest absolute Gasteiger partial charge is 0.142 e. The van der Waals surface area contributed by atoms with Gasteiger partial charge in [0, 0.05) is 26.2 Å². The van der Waals surface area contributed by atoms with Crippen LogP contribution in [0.3, 0.4) is 0 Å². The summed E-state index contributed by atoms with van der Waals surface area (Å²) in [7, 11) is 0. The van der Waals surface area contributed by atoms with Gasteiger partial charge in [0.25, 0.3) is 0 Å². The zero-order valence-corrected chi connectivity index (χ0v) is 10.1. The highest BCUT2D eigenvalue weighted by Crippen LogP contribution is 2.19. The number of nitrogens with two attached hydrogens (primary N) is 1. The van der Waals surface area contributed by atoms with Gasteiger partial charge in [0.05, 0.1) is 11.8 Å². The van der Waals surface area contributed by atoms with Gasteiger partial charge in [-0.25, -0.2) is 15.2 Å². The van der Waals surface area contributed by atoms with Crippen LogP contribution in [0.2, 0.25) is 0 Å². The summed E-state index contributed by atoms with van der Waals surface area (Å²) in [6.45, 7) is 3.39. The molecule has 2 heterocycles. The van der Waals surface area contributed by atoms with Crippen LogP contribution >= 0.6 is 12.2 Å². The third kappa shape index (κ3) is 2.68. The number of hydrogen-bond donors (Lipinski definition) is 3. The van der Waals surface area contributed by atoms with E-state index in [4.69, 9.17) is 18.1 Å². The summed E-state index contributed by atoms with van der Waals surface area (Å²) in [5.74, 6) is 5.54. The van der Waals surface area contributed by atoms with Gasteiger partial charge < -0.3 is 15.6 Å². The number of rotatable bonds is 2. The predicted molar refractivity (Wildman–Crippen MR) is 68.3 cm³/mol. The fourth-order valence-electron chi connectivity index (χ4n) is 1.81. The number of thiocarbonyl (C=S) groups is 1. The van der Waals surface area contributed by atoms with Crippen molar-refractivity contribution in [3.05, 3.63) is 23.6 Å². The van der Waals surface area contributed by atoms with Gasteiger partial charge in [0.2, 0.25) is 0 Å². The third-order valence-corrected chi connectivity index (χ3v) is 2.96. The van der Waals surface area contributed by atoms with Gasteiger partial charge in [-0.05, 0) is 6.07 Å². The first kappa shape index (κ1) is 12.2. The number of nitrogens with one attached hydrogen (secondary N) is 2. The summed E-state index contributed by atoms with van der Waals surface area (Å²) >= 11 is 5.05. The molecule has 0 amide bonds. The Bertz CT molecular complexity index is 419. The van der Waals surface area contributed by atoms with E-state index in [1.807, 2.05) is 0 Å². The van der Waals surface area contributed by atoms with E-state index in [0.29, 0.717) is 16.4 Å². The third-order valence-electron chi connectivity index (χ3n) is 2.63. The van der Waals surface area contributed by atoms with E-state index in [1.165, 1.54) is 12.3 Å². The second kappa shape index (κ2) is 5.35. The van der Waals surface area contributed by atoms with Crippen molar-refractivity contribution in [1.82, 2.24) is 15.7 Å². The van der Waals surface area contributed by atoms with Crippen LogP contribution in [0, 0.1) is 5.82 Å². The Morgan fingerprint density at radius 2 is 2.24 bits per heavy atom. The zero-order valence-electron chi connectivity index (χ0n) is 9.24. The molecule has 1 aliphatic rings. The van der Waals surface area contributed by atoms with E-state index in [2.05, 4.69) is 20.6 Å². The molecule has 1 aromatic heterocycles. The van der Waals surface area contributed by atoms with Crippen LogP contribution in [0.1, 0.15) is 5.56 Å². The van der Waals surface area contributed by atoms with Crippen LogP contribution < -0.4 is 21.5 Å². The molecule has 0 saturated carbocycles. The van der Waals surface area contributed by atoms with Gasteiger partial charge in [-0.1, -0.05) is 12.2 Å². The maximum atomic E-state index is 13.2. The minimum atomic E-state index is -0.420. The Hall–Kier alpha value is -1.31. The number of hydrazine groups is 1. The van der Waals surface area contributed by atoms with Gasteiger partial charge in [0.1, 0.15) is 16.6 Å². The number of piperazine rings is 1. The van der Waals surface area contributed by atoms with Crippen molar-refractivity contribution < 1.29 is 4.39 Å². The normalized spacial score (nSPS) is 15.8. The molecule has 0 bridgehead atoms. The Morgan fingerprint density at radius 1 is 1.53 bits per heavy atom. The number of anilines is 1. The molecule has 5 nitrogen and oxygen atoms in total. The lowest BCUT2D eigenvalue weighted by Gasteiger charge is -2.29. The van der Waals surface area contributed by atoms with Crippen molar-refractivity contribution in [2.24, 2.45) is 5.84 Å². The maximum Gasteiger partial charge on any atom is 0.142 e. The van der Waals surface area contributed by atoms with Crippen LogP contribution in [-0.4, -0.2) is 36.2 Å².